The molecule has 0 saturated heterocycles. The Labute approximate surface area is 125 Å². The van der Waals surface area contributed by atoms with Crippen LogP contribution in [-0.2, 0) is 0 Å². The molecule has 0 aromatic heterocycles. The van der Waals surface area contributed by atoms with Crippen LogP contribution in [0, 0.1) is 5.82 Å². The predicted octanol–water partition coefficient (Wildman–Crippen LogP) is 4.31. The second kappa shape index (κ2) is 5.71. The van der Waals surface area contributed by atoms with Crippen molar-refractivity contribution in [1.82, 2.24) is 0 Å². The summed E-state index contributed by atoms with van der Waals surface area (Å²) in [6.45, 7) is 0. The number of nitrogens with one attached hydrogen (secondary N) is 1. The van der Waals surface area contributed by atoms with Crippen LogP contribution < -0.4 is 5.32 Å². The Morgan fingerprint density at radius 3 is 2.42 bits per heavy atom. The zero-order chi connectivity index (χ0) is 14.0. The van der Waals surface area contributed by atoms with Crippen LogP contribution in [0.2, 0.25) is 0 Å². The van der Waals surface area contributed by atoms with E-state index in [0.717, 1.165) is 0 Å². The molecule has 0 heterocycles. The molecule has 0 atom stereocenters. The van der Waals surface area contributed by atoms with Crippen molar-refractivity contribution in [3.63, 3.8) is 0 Å². The Bertz CT molecular complexity index is 647. The van der Waals surface area contributed by atoms with E-state index in [1.165, 1.54) is 18.2 Å². The maximum Gasteiger partial charge on any atom is 0.255 e. The number of halogens is 3. The van der Waals surface area contributed by atoms with Gasteiger partial charge in [-0.15, -0.1) is 0 Å². The molecule has 0 saturated carbocycles. The largest absolute Gasteiger partial charge is 0.507 e. The summed E-state index contributed by atoms with van der Waals surface area (Å²) in [5, 5.41) is 12.0. The second-order valence-corrected chi connectivity index (χ2v) is 5.46. The molecule has 98 valence electrons. The lowest BCUT2D eigenvalue weighted by Gasteiger charge is -2.07. The summed E-state index contributed by atoms with van der Waals surface area (Å²) in [7, 11) is 0. The van der Waals surface area contributed by atoms with Crippen molar-refractivity contribution in [2.75, 3.05) is 5.32 Å². The molecule has 0 fully saturated rings. The van der Waals surface area contributed by atoms with Crippen LogP contribution in [0.15, 0.2) is 45.3 Å². The van der Waals surface area contributed by atoms with Crippen LogP contribution in [0.4, 0.5) is 10.1 Å². The van der Waals surface area contributed by atoms with Crippen molar-refractivity contribution in [2.45, 2.75) is 0 Å². The number of carbonyl (C=O) groups excluding carboxylic acids is 1. The summed E-state index contributed by atoms with van der Waals surface area (Å²) in [6.07, 6.45) is 0. The molecular weight excluding hydrogens is 381 g/mol. The van der Waals surface area contributed by atoms with Gasteiger partial charge in [-0.05, 0) is 68.3 Å². The first-order valence-electron chi connectivity index (χ1n) is 5.22. The minimum atomic E-state index is -0.462. The van der Waals surface area contributed by atoms with Gasteiger partial charge in [-0.2, -0.15) is 0 Å². The summed E-state index contributed by atoms with van der Waals surface area (Å²) in [5.74, 6) is -0.921. The van der Waals surface area contributed by atoms with Crippen LogP contribution in [0.5, 0.6) is 5.75 Å². The van der Waals surface area contributed by atoms with Crippen molar-refractivity contribution in [3.8, 4) is 5.75 Å². The maximum absolute atomic E-state index is 13.3. The van der Waals surface area contributed by atoms with Gasteiger partial charge < -0.3 is 10.4 Å². The van der Waals surface area contributed by atoms with Gasteiger partial charge in [0.1, 0.15) is 11.6 Å². The number of amides is 1. The highest BCUT2D eigenvalue weighted by Crippen LogP contribution is 2.25. The Morgan fingerprint density at radius 1 is 1.11 bits per heavy atom. The summed E-state index contributed by atoms with van der Waals surface area (Å²) >= 11 is 6.16. The predicted molar refractivity (Wildman–Crippen MR) is 77.9 cm³/mol. The number of rotatable bonds is 2. The van der Waals surface area contributed by atoms with Gasteiger partial charge in [-0.1, -0.05) is 0 Å². The third-order valence-corrected chi connectivity index (χ3v) is 3.70. The molecule has 0 spiro atoms. The van der Waals surface area contributed by atoms with E-state index < -0.39 is 11.7 Å². The van der Waals surface area contributed by atoms with Crippen molar-refractivity contribution >= 4 is 43.5 Å². The van der Waals surface area contributed by atoms with Crippen molar-refractivity contribution in [3.05, 3.63) is 56.7 Å². The Kier molecular flexibility index (Phi) is 4.21. The van der Waals surface area contributed by atoms with Gasteiger partial charge in [0.2, 0.25) is 0 Å². The van der Waals surface area contributed by atoms with Crippen LogP contribution in [0.1, 0.15) is 10.4 Å². The van der Waals surface area contributed by atoms with Crippen molar-refractivity contribution < 1.29 is 14.3 Å². The molecule has 2 N–H and O–H groups in total. The van der Waals surface area contributed by atoms with E-state index in [1.54, 1.807) is 18.2 Å². The van der Waals surface area contributed by atoms with E-state index in [1.807, 2.05) is 0 Å². The zero-order valence-electron chi connectivity index (χ0n) is 9.45. The number of hydrogen-bond acceptors (Lipinski definition) is 2. The first-order valence-corrected chi connectivity index (χ1v) is 6.81. The lowest BCUT2D eigenvalue weighted by atomic mass is 10.2. The SMILES string of the molecule is O=C(Nc1ccc(Br)c(F)c1)c1ccc(Br)c(O)c1. The highest BCUT2D eigenvalue weighted by molar-refractivity contribution is 9.10. The van der Waals surface area contributed by atoms with Gasteiger partial charge >= 0.3 is 0 Å². The van der Waals surface area contributed by atoms with Gasteiger partial charge in [-0.25, -0.2) is 4.39 Å². The molecule has 2 aromatic rings. The number of benzene rings is 2. The average Bonchev–Trinajstić information content (AvgIpc) is 2.37. The summed E-state index contributed by atoms with van der Waals surface area (Å²) in [5.41, 5.74) is 0.622. The van der Waals surface area contributed by atoms with Crippen LogP contribution in [0.25, 0.3) is 0 Å². The molecule has 2 rings (SSSR count). The average molecular weight is 389 g/mol. The van der Waals surface area contributed by atoms with E-state index in [9.17, 15) is 14.3 Å². The fourth-order valence-electron chi connectivity index (χ4n) is 1.43. The first kappa shape index (κ1) is 14.0. The molecule has 3 nitrogen and oxygen atoms in total. The topological polar surface area (TPSA) is 49.3 Å². The van der Waals surface area contributed by atoms with E-state index in [4.69, 9.17) is 0 Å². The highest BCUT2D eigenvalue weighted by atomic mass is 79.9. The molecule has 6 heteroatoms. The summed E-state index contributed by atoms with van der Waals surface area (Å²) < 4.78 is 14.1. The Balaban J connectivity index is 2.20. The van der Waals surface area contributed by atoms with E-state index in [0.29, 0.717) is 14.6 Å². The molecule has 0 bridgehead atoms. The highest BCUT2D eigenvalue weighted by Gasteiger charge is 2.09. The van der Waals surface area contributed by atoms with Crippen LogP contribution >= 0.6 is 31.9 Å². The fraction of sp³-hybridized carbons (Fsp3) is 0. The van der Waals surface area contributed by atoms with Gasteiger partial charge in [0.05, 0.1) is 8.95 Å². The monoisotopic (exact) mass is 387 g/mol. The lowest BCUT2D eigenvalue weighted by molar-refractivity contribution is 0.102. The minimum absolute atomic E-state index is 0.0327. The number of phenolic OH excluding ortho intramolecular Hbond substituents is 1. The van der Waals surface area contributed by atoms with E-state index in [-0.39, 0.29) is 11.3 Å². The summed E-state index contributed by atoms with van der Waals surface area (Å²) in [6, 6.07) is 8.73. The molecule has 19 heavy (non-hydrogen) atoms. The van der Waals surface area contributed by atoms with E-state index in [2.05, 4.69) is 37.2 Å². The lowest BCUT2D eigenvalue weighted by Crippen LogP contribution is -2.11. The van der Waals surface area contributed by atoms with Crippen LogP contribution in [0.3, 0.4) is 0 Å². The third kappa shape index (κ3) is 3.33. The first-order chi connectivity index (χ1) is 8.97. The molecule has 0 aliphatic heterocycles. The minimum Gasteiger partial charge on any atom is -0.507 e. The standard InChI is InChI=1S/C13H8Br2FNO2/c14-9-4-2-8(6-11(9)16)17-13(19)7-1-3-10(15)12(18)5-7/h1-6,18H,(H,17,19). The number of anilines is 1. The number of aromatic hydroxyl groups is 1. The number of phenols is 1. The van der Waals surface area contributed by atoms with Gasteiger partial charge in [0, 0.05) is 11.3 Å². The fourth-order valence-corrected chi connectivity index (χ4v) is 1.92. The molecule has 0 unspecified atom stereocenters. The zero-order valence-corrected chi connectivity index (χ0v) is 12.6. The summed E-state index contributed by atoms with van der Waals surface area (Å²) in [4.78, 5) is 11.9. The smallest absolute Gasteiger partial charge is 0.255 e. The molecule has 2 aromatic carbocycles. The maximum atomic E-state index is 13.3. The number of carbonyl (C=O) groups is 1. The quantitative estimate of drug-likeness (QED) is 0.805. The molecule has 0 radical (unpaired) electrons. The molecular formula is C13H8Br2FNO2. The van der Waals surface area contributed by atoms with Crippen molar-refractivity contribution in [1.29, 1.82) is 0 Å². The normalized spacial score (nSPS) is 10.3. The van der Waals surface area contributed by atoms with Gasteiger partial charge in [0.25, 0.3) is 5.91 Å². The number of hydrogen-bond donors (Lipinski definition) is 2. The molecule has 1 amide bonds. The molecule has 0 aliphatic carbocycles. The Morgan fingerprint density at radius 2 is 1.79 bits per heavy atom. The van der Waals surface area contributed by atoms with Crippen molar-refractivity contribution in [2.24, 2.45) is 0 Å². The third-order valence-electron chi connectivity index (χ3n) is 2.39. The van der Waals surface area contributed by atoms with E-state index >= 15 is 0 Å². The Hall–Kier alpha value is -1.40. The molecule has 0 aliphatic rings. The van der Waals surface area contributed by atoms with Gasteiger partial charge in [-0.3, -0.25) is 4.79 Å². The van der Waals surface area contributed by atoms with Crippen LogP contribution in [-0.4, -0.2) is 11.0 Å². The second-order valence-electron chi connectivity index (χ2n) is 3.75. The van der Waals surface area contributed by atoms with Gasteiger partial charge in [0.15, 0.2) is 0 Å².